The fourth-order valence-corrected chi connectivity index (χ4v) is 5.32. The first-order valence-corrected chi connectivity index (χ1v) is 12.6. The molecule has 3 aromatic rings. The van der Waals surface area contributed by atoms with Crippen LogP contribution in [0.4, 0.5) is 5.69 Å². The van der Waals surface area contributed by atoms with Crippen molar-refractivity contribution in [3.63, 3.8) is 0 Å². The number of fused-ring (bicyclic) bond motifs is 1. The van der Waals surface area contributed by atoms with E-state index in [0.717, 1.165) is 24.8 Å². The molecule has 8 heteroatoms. The zero-order valence-corrected chi connectivity index (χ0v) is 21.1. The van der Waals surface area contributed by atoms with Gasteiger partial charge in [0.05, 0.1) is 11.3 Å². The minimum Gasteiger partial charge on any atom is -0.471 e. The molecule has 0 spiro atoms. The fourth-order valence-electron chi connectivity index (χ4n) is 4.78. The van der Waals surface area contributed by atoms with Crippen molar-refractivity contribution in [2.75, 3.05) is 18.4 Å². The van der Waals surface area contributed by atoms with Gasteiger partial charge in [-0.05, 0) is 67.3 Å². The molecule has 1 atom stereocenters. The van der Waals surface area contributed by atoms with Crippen LogP contribution in [0, 0.1) is 0 Å². The largest absolute Gasteiger partial charge is 0.471 e. The number of carbonyl (C=O) groups excluding carboxylic acids is 2. The third kappa shape index (κ3) is 4.73. The van der Waals surface area contributed by atoms with Crippen molar-refractivity contribution in [2.24, 2.45) is 0 Å². The average Bonchev–Trinajstić information content (AvgIpc) is 3.09. The highest BCUT2D eigenvalue weighted by atomic mass is 35.5. The Bertz CT molecular complexity index is 1310. The van der Waals surface area contributed by atoms with Crippen LogP contribution in [0.5, 0.6) is 5.75 Å². The van der Waals surface area contributed by atoms with Gasteiger partial charge in [0.15, 0.2) is 0 Å². The highest BCUT2D eigenvalue weighted by Gasteiger charge is 2.50. The Balaban J connectivity index is 1.61. The average molecular weight is 530 g/mol. The quantitative estimate of drug-likeness (QED) is 0.398. The van der Waals surface area contributed by atoms with Gasteiger partial charge in [-0.25, -0.2) is 0 Å². The lowest BCUT2D eigenvalue weighted by Gasteiger charge is -2.32. The maximum Gasteiger partial charge on any atom is 0.273 e. The van der Waals surface area contributed by atoms with Crippen LogP contribution in [0.1, 0.15) is 40.7 Å². The molecule has 0 aliphatic carbocycles. The summed E-state index contributed by atoms with van der Waals surface area (Å²) in [5.41, 5.74) is 0.920. The zero-order chi connectivity index (χ0) is 24.6. The Kier molecular flexibility index (Phi) is 6.67. The molecule has 1 fully saturated rings. The van der Waals surface area contributed by atoms with Crippen molar-refractivity contribution < 1.29 is 14.3 Å². The molecule has 5 nitrogen and oxygen atoms in total. The van der Waals surface area contributed by atoms with E-state index >= 15 is 0 Å². The second-order valence-corrected chi connectivity index (χ2v) is 10.2. The molecule has 1 N–H and O–H groups in total. The number of halogens is 3. The maximum absolute atomic E-state index is 13.6. The first-order valence-electron chi connectivity index (χ1n) is 11.5. The third-order valence-electron chi connectivity index (χ3n) is 6.48. The third-order valence-corrected chi connectivity index (χ3v) is 7.18. The summed E-state index contributed by atoms with van der Waals surface area (Å²) in [6.45, 7) is 1.38. The second-order valence-electron chi connectivity index (χ2n) is 8.87. The number of hydrogen-bond acceptors (Lipinski definition) is 3. The molecular weight excluding hydrogens is 507 g/mol. The Labute approximate surface area is 218 Å². The predicted octanol–water partition coefficient (Wildman–Crippen LogP) is 6.74. The normalized spacial score (nSPS) is 19.3. The van der Waals surface area contributed by atoms with Crippen molar-refractivity contribution in [3.05, 3.63) is 92.4 Å². The number of amides is 2. The van der Waals surface area contributed by atoms with E-state index in [0.29, 0.717) is 45.0 Å². The van der Waals surface area contributed by atoms with Gasteiger partial charge in [-0.15, -0.1) is 0 Å². The molecule has 2 heterocycles. The standard InChI is InChI=1S/C27H23Cl3N2O3/c28-18-6-4-5-17(13-18)16-27(22-10-8-19(29)14-23(22)31-26(27)34)35-24-15-20(30)7-9-21(24)25(33)32-11-2-1-3-12-32/h4-10,13-15H,1-3,11-12,16H2,(H,31,34). The van der Waals surface area contributed by atoms with Crippen molar-refractivity contribution in [1.29, 1.82) is 0 Å². The summed E-state index contributed by atoms with van der Waals surface area (Å²) in [5, 5.41) is 4.35. The van der Waals surface area contributed by atoms with Gasteiger partial charge < -0.3 is 15.0 Å². The number of likely N-dealkylation sites (tertiary alicyclic amines) is 1. The summed E-state index contributed by atoms with van der Waals surface area (Å²) in [7, 11) is 0. The second kappa shape index (κ2) is 9.73. The monoisotopic (exact) mass is 528 g/mol. The van der Waals surface area contributed by atoms with Crippen LogP contribution < -0.4 is 10.1 Å². The molecule has 5 rings (SSSR count). The van der Waals surface area contributed by atoms with Crippen LogP contribution in [0.2, 0.25) is 15.1 Å². The number of nitrogens with one attached hydrogen (secondary N) is 1. The van der Waals surface area contributed by atoms with E-state index < -0.39 is 5.60 Å². The number of rotatable bonds is 5. The van der Waals surface area contributed by atoms with Crippen LogP contribution in [0.25, 0.3) is 0 Å². The van der Waals surface area contributed by atoms with Crippen LogP contribution in [-0.4, -0.2) is 29.8 Å². The van der Waals surface area contributed by atoms with Crippen LogP contribution in [0.15, 0.2) is 60.7 Å². The van der Waals surface area contributed by atoms with Gasteiger partial charge in [0.1, 0.15) is 5.75 Å². The van der Waals surface area contributed by atoms with Crippen LogP contribution in [0.3, 0.4) is 0 Å². The molecule has 2 aliphatic rings. The van der Waals surface area contributed by atoms with Gasteiger partial charge in [-0.3, -0.25) is 9.59 Å². The van der Waals surface area contributed by atoms with Crippen molar-refractivity contribution in [1.82, 2.24) is 4.90 Å². The zero-order valence-electron chi connectivity index (χ0n) is 18.8. The van der Waals surface area contributed by atoms with Crippen LogP contribution in [-0.2, 0) is 16.8 Å². The number of piperidine rings is 1. The molecule has 0 aromatic heterocycles. The van der Waals surface area contributed by atoms with Gasteiger partial charge >= 0.3 is 0 Å². The molecular formula is C27H23Cl3N2O3. The highest BCUT2D eigenvalue weighted by Crippen LogP contribution is 2.44. The highest BCUT2D eigenvalue weighted by molar-refractivity contribution is 6.31. The molecule has 0 radical (unpaired) electrons. The van der Waals surface area contributed by atoms with E-state index in [2.05, 4.69) is 5.32 Å². The van der Waals surface area contributed by atoms with Gasteiger partial charge in [0, 0.05) is 40.1 Å². The Hall–Kier alpha value is -2.73. The van der Waals surface area contributed by atoms with Gasteiger partial charge in [-0.1, -0.05) is 53.0 Å². The van der Waals surface area contributed by atoms with Gasteiger partial charge in [0.2, 0.25) is 5.60 Å². The summed E-state index contributed by atoms with van der Waals surface area (Å²) < 4.78 is 6.58. The number of benzene rings is 3. The number of ether oxygens (including phenoxy) is 1. The topological polar surface area (TPSA) is 58.6 Å². The molecule has 2 amide bonds. The van der Waals surface area contributed by atoms with E-state index in [9.17, 15) is 9.59 Å². The van der Waals surface area contributed by atoms with E-state index in [4.69, 9.17) is 39.5 Å². The minimum absolute atomic E-state index is 0.135. The number of nitrogens with zero attached hydrogens (tertiary/aromatic N) is 1. The molecule has 35 heavy (non-hydrogen) atoms. The summed E-state index contributed by atoms with van der Waals surface area (Å²) >= 11 is 18.8. The summed E-state index contributed by atoms with van der Waals surface area (Å²) in [5.74, 6) is -0.233. The maximum atomic E-state index is 13.6. The molecule has 0 bridgehead atoms. The molecule has 3 aromatic carbocycles. The smallest absolute Gasteiger partial charge is 0.273 e. The first-order chi connectivity index (χ1) is 16.9. The number of hydrogen-bond donors (Lipinski definition) is 1. The Morgan fingerprint density at radius 2 is 1.63 bits per heavy atom. The van der Waals surface area contributed by atoms with Crippen molar-refractivity contribution in [3.8, 4) is 5.75 Å². The van der Waals surface area contributed by atoms with E-state index in [1.165, 1.54) is 0 Å². The summed E-state index contributed by atoms with van der Waals surface area (Å²) in [4.78, 5) is 28.9. The fraction of sp³-hybridized carbons (Fsp3) is 0.259. The first kappa shape index (κ1) is 24.0. The Morgan fingerprint density at radius 3 is 2.40 bits per heavy atom. The molecule has 2 aliphatic heterocycles. The number of anilines is 1. The SMILES string of the molecule is O=C(c1ccc(Cl)cc1OC1(Cc2cccc(Cl)c2)C(=O)Nc2cc(Cl)ccc21)N1CCCCC1. The lowest BCUT2D eigenvalue weighted by atomic mass is 9.87. The molecule has 1 unspecified atom stereocenters. The minimum atomic E-state index is -1.45. The predicted molar refractivity (Wildman–Crippen MR) is 139 cm³/mol. The van der Waals surface area contributed by atoms with Crippen LogP contribution >= 0.6 is 34.8 Å². The van der Waals surface area contributed by atoms with E-state index in [1.807, 2.05) is 17.0 Å². The van der Waals surface area contributed by atoms with Crippen molar-refractivity contribution >= 4 is 52.3 Å². The molecule has 180 valence electrons. The van der Waals surface area contributed by atoms with Gasteiger partial charge in [-0.2, -0.15) is 0 Å². The summed E-state index contributed by atoms with van der Waals surface area (Å²) in [6.07, 6.45) is 3.23. The van der Waals surface area contributed by atoms with E-state index in [1.54, 1.807) is 48.5 Å². The molecule has 1 saturated heterocycles. The van der Waals surface area contributed by atoms with Gasteiger partial charge in [0.25, 0.3) is 11.8 Å². The lowest BCUT2D eigenvalue weighted by molar-refractivity contribution is -0.130. The van der Waals surface area contributed by atoms with Crippen molar-refractivity contribution in [2.45, 2.75) is 31.3 Å². The number of carbonyl (C=O) groups is 2. The summed E-state index contributed by atoms with van der Waals surface area (Å²) in [6, 6.07) is 17.4. The van der Waals surface area contributed by atoms with E-state index in [-0.39, 0.29) is 24.0 Å². The lowest BCUT2D eigenvalue weighted by Crippen LogP contribution is -2.43. The Morgan fingerprint density at radius 1 is 0.914 bits per heavy atom. The molecule has 0 saturated carbocycles.